The van der Waals surface area contributed by atoms with E-state index in [0.29, 0.717) is 5.57 Å². The van der Waals surface area contributed by atoms with Crippen molar-refractivity contribution in [1.82, 2.24) is 0 Å². The average Bonchev–Trinajstić information content (AvgIpc) is 2.21. The van der Waals surface area contributed by atoms with Crippen molar-refractivity contribution < 1.29 is 9.53 Å². The zero-order chi connectivity index (χ0) is 9.68. The molecule has 13 heavy (non-hydrogen) atoms. The molecule has 0 unspecified atom stereocenters. The van der Waals surface area contributed by atoms with E-state index in [1.165, 1.54) is 0 Å². The maximum Gasteiger partial charge on any atom is 0.151 e. The summed E-state index contributed by atoms with van der Waals surface area (Å²) >= 11 is 2.05. The molecule has 0 spiro atoms. The monoisotopic (exact) mass is 288 g/mol. The first-order chi connectivity index (χ1) is 6.31. The van der Waals surface area contributed by atoms with E-state index in [2.05, 4.69) is 0 Å². The standard InChI is InChI=1S/C10H9IO2/c1-13-10-4-2-8(3-5-10)9(6-11)7-12/h2-7H,1H3/b9-6-. The molecule has 1 aromatic rings. The smallest absolute Gasteiger partial charge is 0.151 e. The Kier molecular flexibility index (Phi) is 3.95. The van der Waals surface area contributed by atoms with Crippen molar-refractivity contribution in [3.63, 3.8) is 0 Å². The van der Waals surface area contributed by atoms with E-state index in [4.69, 9.17) is 4.74 Å². The van der Waals surface area contributed by atoms with Crippen LogP contribution in [0.4, 0.5) is 0 Å². The van der Waals surface area contributed by atoms with E-state index in [1.54, 1.807) is 11.2 Å². The Morgan fingerprint density at radius 2 is 2.00 bits per heavy atom. The van der Waals surface area contributed by atoms with Gasteiger partial charge in [-0.25, -0.2) is 0 Å². The number of aldehydes is 1. The third-order valence-electron chi connectivity index (χ3n) is 1.67. The molecule has 3 heteroatoms. The van der Waals surface area contributed by atoms with Crippen molar-refractivity contribution in [2.24, 2.45) is 0 Å². The summed E-state index contributed by atoms with van der Waals surface area (Å²) in [6.07, 6.45) is 0.842. The van der Waals surface area contributed by atoms with Crippen LogP contribution in [0.25, 0.3) is 5.57 Å². The third-order valence-corrected chi connectivity index (χ3v) is 2.34. The molecule has 0 heterocycles. The molecular weight excluding hydrogens is 279 g/mol. The Balaban J connectivity index is 2.97. The molecule has 0 N–H and O–H groups in total. The van der Waals surface area contributed by atoms with Crippen LogP contribution < -0.4 is 4.74 Å². The number of carbonyl (C=O) groups excluding carboxylic acids is 1. The lowest BCUT2D eigenvalue weighted by atomic mass is 10.1. The van der Waals surface area contributed by atoms with Crippen LogP contribution in [0.1, 0.15) is 5.56 Å². The summed E-state index contributed by atoms with van der Waals surface area (Å²) in [6, 6.07) is 7.38. The van der Waals surface area contributed by atoms with Crippen molar-refractivity contribution in [2.75, 3.05) is 7.11 Å². The minimum absolute atomic E-state index is 0.684. The van der Waals surface area contributed by atoms with E-state index >= 15 is 0 Å². The van der Waals surface area contributed by atoms with Gasteiger partial charge in [-0.1, -0.05) is 34.7 Å². The maximum atomic E-state index is 10.6. The number of rotatable bonds is 3. The minimum atomic E-state index is 0.684. The summed E-state index contributed by atoms with van der Waals surface area (Å²) in [5.74, 6) is 0.794. The van der Waals surface area contributed by atoms with Crippen LogP contribution in [0.15, 0.2) is 28.3 Å². The Morgan fingerprint density at radius 1 is 1.38 bits per heavy atom. The Morgan fingerprint density at radius 3 is 2.38 bits per heavy atom. The SMILES string of the molecule is COc1ccc(/C(C=O)=C\I)cc1. The number of hydrogen-bond donors (Lipinski definition) is 0. The number of benzene rings is 1. The lowest BCUT2D eigenvalue weighted by Gasteiger charge is -2.01. The molecule has 0 saturated heterocycles. The highest BCUT2D eigenvalue weighted by molar-refractivity contribution is 14.1. The van der Waals surface area contributed by atoms with Crippen molar-refractivity contribution in [3.8, 4) is 5.75 Å². The van der Waals surface area contributed by atoms with Gasteiger partial charge in [0.05, 0.1) is 7.11 Å². The number of methoxy groups -OCH3 is 1. The molecule has 0 amide bonds. The van der Waals surface area contributed by atoms with Gasteiger partial charge in [0.1, 0.15) is 5.75 Å². The van der Waals surface area contributed by atoms with Gasteiger partial charge in [0.25, 0.3) is 0 Å². The second-order valence-corrected chi connectivity index (χ2v) is 3.03. The third kappa shape index (κ3) is 2.55. The molecule has 0 saturated carbocycles. The molecular formula is C10H9IO2. The molecule has 0 fully saturated rings. The molecule has 0 atom stereocenters. The highest BCUT2D eigenvalue weighted by atomic mass is 127. The quantitative estimate of drug-likeness (QED) is 0.485. The van der Waals surface area contributed by atoms with E-state index in [-0.39, 0.29) is 0 Å². The van der Waals surface area contributed by atoms with Crippen LogP contribution >= 0.6 is 22.6 Å². The van der Waals surface area contributed by atoms with Crippen LogP contribution in [0.2, 0.25) is 0 Å². The topological polar surface area (TPSA) is 26.3 Å². The predicted molar refractivity (Wildman–Crippen MR) is 61.1 cm³/mol. The lowest BCUT2D eigenvalue weighted by molar-refractivity contribution is -0.103. The summed E-state index contributed by atoms with van der Waals surface area (Å²) in [5, 5.41) is 0. The van der Waals surface area contributed by atoms with Crippen molar-refractivity contribution in [1.29, 1.82) is 0 Å². The van der Waals surface area contributed by atoms with E-state index in [0.717, 1.165) is 17.6 Å². The summed E-state index contributed by atoms with van der Waals surface area (Å²) < 4.78 is 6.76. The number of hydrogen-bond acceptors (Lipinski definition) is 2. The highest BCUT2D eigenvalue weighted by Gasteiger charge is 1.98. The summed E-state index contributed by atoms with van der Waals surface area (Å²) in [5.41, 5.74) is 1.59. The van der Waals surface area contributed by atoms with Crippen LogP contribution in [0.3, 0.4) is 0 Å². The zero-order valence-electron chi connectivity index (χ0n) is 7.16. The van der Waals surface area contributed by atoms with Gasteiger partial charge in [-0.05, 0) is 21.8 Å². The van der Waals surface area contributed by atoms with E-state index < -0.39 is 0 Å². The van der Waals surface area contributed by atoms with Crippen LogP contribution in [0.5, 0.6) is 5.75 Å². The van der Waals surface area contributed by atoms with Crippen molar-refractivity contribution in [2.45, 2.75) is 0 Å². The van der Waals surface area contributed by atoms with Crippen LogP contribution in [-0.2, 0) is 4.79 Å². The molecule has 1 aromatic carbocycles. The number of allylic oxidation sites excluding steroid dienone is 1. The number of ether oxygens (including phenoxy) is 1. The normalized spacial score (nSPS) is 11.1. The number of halogens is 1. The Hall–Kier alpha value is -0.840. The van der Waals surface area contributed by atoms with E-state index in [1.807, 2.05) is 46.9 Å². The van der Waals surface area contributed by atoms with Gasteiger partial charge < -0.3 is 4.74 Å². The van der Waals surface area contributed by atoms with Gasteiger partial charge in [-0.15, -0.1) is 0 Å². The summed E-state index contributed by atoms with van der Waals surface area (Å²) in [4.78, 5) is 10.6. The molecule has 68 valence electrons. The zero-order valence-corrected chi connectivity index (χ0v) is 9.32. The summed E-state index contributed by atoms with van der Waals surface area (Å²) in [7, 11) is 1.61. The highest BCUT2D eigenvalue weighted by Crippen LogP contribution is 2.18. The lowest BCUT2D eigenvalue weighted by Crippen LogP contribution is -1.86. The molecule has 2 nitrogen and oxygen atoms in total. The molecule has 0 radical (unpaired) electrons. The van der Waals surface area contributed by atoms with Crippen molar-refractivity contribution >= 4 is 34.5 Å². The fraction of sp³-hybridized carbons (Fsp3) is 0.100. The van der Waals surface area contributed by atoms with Gasteiger partial charge in [-0.3, -0.25) is 4.79 Å². The van der Waals surface area contributed by atoms with Gasteiger partial charge in [-0.2, -0.15) is 0 Å². The van der Waals surface area contributed by atoms with Gasteiger partial charge in [0.2, 0.25) is 0 Å². The first-order valence-corrected chi connectivity index (χ1v) is 4.96. The van der Waals surface area contributed by atoms with Crippen LogP contribution in [0, 0.1) is 0 Å². The van der Waals surface area contributed by atoms with Crippen LogP contribution in [-0.4, -0.2) is 13.4 Å². The van der Waals surface area contributed by atoms with Gasteiger partial charge >= 0.3 is 0 Å². The molecule has 0 aliphatic carbocycles. The second-order valence-electron chi connectivity index (χ2n) is 2.41. The Labute approximate surface area is 90.7 Å². The minimum Gasteiger partial charge on any atom is -0.497 e. The molecule has 0 bridgehead atoms. The first-order valence-electron chi connectivity index (χ1n) is 3.72. The van der Waals surface area contributed by atoms with Gasteiger partial charge in [0, 0.05) is 5.57 Å². The molecule has 0 aromatic heterocycles. The molecule has 0 aliphatic heterocycles. The maximum absolute atomic E-state index is 10.6. The Bertz CT molecular complexity index is 314. The largest absolute Gasteiger partial charge is 0.497 e. The van der Waals surface area contributed by atoms with Crippen molar-refractivity contribution in [3.05, 3.63) is 33.9 Å². The fourth-order valence-corrected chi connectivity index (χ4v) is 1.45. The van der Waals surface area contributed by atoms with Gasteiger partial charge in [0.15, 0.2) is 6.29 Å². The molecule has 1 rings (SSSR count). The number of carbonyl (C=O) groups is 1. The van der Waals surface area contributed by atoms with E-state index in [9.17, 15) is 4.79 Å². The first kappa shape index (κ1) is 10.2. The fourth-order valence-electron chi connectivity index (χ4n) is 0.940. The summed E-state index contributed by atoms with van der Waals surface area (Å²) in [6.45, 7) is 0. The average molecular weight is 288 g/mol. The second kappa shape index (κ2) is 5.01. The molecule has 0 aliphatic rings. The predicted octanol–water partition coefficient (Wildman–Crippen LogP) is 2.67.